The van der Waals surface area contributed by atoms with Gasteiger partial charge in [-0.3, -0.25) is 9.78 Å². The number of anilines is 2. The smallest absolute Gasteiger partial charge is 0.275 e. The quantitative estimate of drug-likeness (QED) is 0.572. The van der Waals surface area contributed by atoms with Crippen molar-refractivity contribution in [3.63, 3.8) is 0 Å². The first-order valence-electron chi connectivity index (χ1n) is 10.6. The molecule has 0 aliphatic carbocycles. The number of piperidine rings is 1. The van der Waals surface area contributed by atoms with Gasteiger partial charge in [-0.05, 0) is 56.4 Å². The molecule has 8 heteroatoms. The number of allylic oxidation sites excluding steroid dienone is 5. The standard InChI is InChI=1S/C25H25F2N5O/c1-17(26)12-21(27)5-3-4-19-8-10-32(11-9-19)24-7-6-20(14-28)13-22(24)31-25(33)23-16-29-15-18(2)30-23/h3,5-7,12-13,15-16,19H,1,4,8-11H2,2H3,(H,31,33)/b5-3-,21-12+. The maximum atomic E-state index is 13.4. The molecule has 1 N–H and O–H groups in total. The zero-order chi connectivity index (χ0) is 23.8. The van der Waals surface area contributed by atoms with E-state index in [1.807, 2.05) is 6.07 Å². The fourth-order valence-electron chi connectivity index (χ4n) is 3.72. The number of hydrogen-bond donors (Lipinski definition) is 1. The number of nitriles is 1. The number of hydrogen-bond acceptors (Lipinski definition) is 5. The van der Waals surface area contributed by atoms with E-state index in [1.165, 1.54) is 12.3 Å². The lowest BCUT2D eigenvalue weighted by Crippen LogP contribution is -2.34. The monoisotopic (exact) mass is 449 g/mol. The van der Waals surface area contributed by atoms with Gasteiger partial charge in [-0.2, -0.15) is 5.26 Å². The van der Waals surface area contributed by atoms with Crippen molar-refractivity contribution in [2.24, 2.45) is 5.92 Å². The summed E-state index contributed by atoms with van der Waals surface area (Å²) in [5.41, 5.74) is 2.64. The van der Waals surface area contributed by atoms with Gasteiger partial charge in [0.2, 0.25) is 0 Å². The fourth-order valence-corrected chi connectivity index (χ4v) is 3.72. The van der Waals surface area contributed by atoms with Crippen LogP contribution in [0.25, 0.3) is 0 Å². The van der Waals surface area contributed by atoms with Crippen LogP contribution >= 0.6 is 0 Å². The molecule has 1 aliphatic rings. The van der Waals surface area contributed by atoms with Crippen LogP contribution in [0.4, 0.5) is 20.2 Å². The van der Waals surface area contributed by atoms with Crippen molar-refractivity contribution in [3.8, 4) is 6.07 Å². The fraction of sp³-hybridized carbons (Fsp3) is 0.280. The van der Waals surface area contributed by atoms with Crippen LogP contribution < -0.4 is 10.2 Å². The maximum absolute atomic E-state index is 13.4. The van der Waals surface area contributed by atoms with E-state index in [4.69, 9.17) is 0 Å². The number of benzene rings is 1. The van der Waals surface area contributed by atoms with Gasteiger partial charge >= 0.3 is 0 Å². The molecule has 1 saturated heterocycles. The Balaban J connectivity index is 1.67. The highest BCUT2D eigenvalue weighted by molar-refractivity contribution is 6.04. The van der Waals surface area contributed by atoms with Crippen LogP contribution in [-0.2, 0) is 0 Å². The Morgan fingerprint density at radius 3 is 2.76 bits per heavy atom. The predicted molar refractivity (Wildman–Crippen MR) is 124 cm³/mol. The molecule has 0 unspecified atom stereocenters. The number of nitrogens with zero attached hydrogens (tertiary/aromatic N) is 4. The predicted octanol–water partition coefficient (Wildman–Crippen LogP) is 5.41. The molecule has 1 aliphatic heterocycles. The summed E-state index contributed by atoms with van der Waals surface area (Å²) in [6.07, 6.45) is 9.14. The molecule has 0 bridgehead atoms. The number of nitrogens with one attached hydrogen (secondary N) is 1. The van der Waals surface area contributed by atoms with Gasteiger partial charge in [0, 0.05) is 25.4 Å². The van der Waals surface area contributed by atoms with Crippen molar-refractivity contribution in [2.45, 2.75) is 26.2 Å². The van der Waals surface area contributed by atoms with Crippen molar-refractivity contribution >= 4 is 17.3 Å². The Morgan fingerprint density at radius 1 is 1.33 bits per heavy atom. The number of carbonyl (C=O) groups excluding carboxylic acids is 1. The second-order valence-electron chi connectivity index (χ2n) is 7.89. The van der Waals surface area contributed by atoms with Crippen molar-refractivity contribution in [3.05, 3.63) is 84.0 Å². The molecule has 1 aromatic carbocycles. The summed E-state index contributed by atoms with van der Waals surface area (Å²) in [5, 5.41) is 12.2. The van der Waals surface area contributed by atoms with E-state index in [-0.39, 0.29) is 5.69 Å². The van der Waals surface area contributed by atoms with Gasteiger partial charge < -0.3 is 10.2 Å². The van der Waals surface area contributed by atoms with E-state index in [2.05, 4.69) is 32.8 Å². The van der Waals surface area contributed by atoms with Gasteiger partial charge in [0.25, 0.3) is 5.91 Å². The van der Waals surface area contributed by atoms with Crippen molar-refractivity contribution in [1.82, 2.24) is 9.97 Å². The number of rotatable bonds is 7. The van der Waals surface area contributed by atoms with E-state index in [1.54, 1.807) is 31.3 Å². The first-order valence-corrected chi connectivity index (χ1v) is 10.6. The summed E-state index contributed by atoms with van der Waals surface area (Å²) in [7, 11) is 0. The highest BCUT2D eigenvalue weighted by atomic mass is 19.1. The van der Waals surface area contributed by atoms with Crippen LogP contribution in [-0.4, -0.2) is 29.0 Å². The lowest BCUT2D eigenvalue weighted by Gasteiger charge is -2.34. The summed E-state index contributed by atoms with van der Waals surface area (Å²) in [5.74, 6) is -1.49. The molecule has 1 fully saturated rings. The highest BCUT2D eigenvalue weighted by Gasteiger charge is 2.22. The minimum absolute atomic E-state index is 0.200. The SMILES string of the molecule is C=C(F)/C=C(F)\C=C/CC1CCN(c2ccc(C#N)cc2NC(=O)c2cncc(C)n2)CC1. The number of carbonyl (C=O) groups is 1. The largest absolute Gasteiger partial charge is 0.370 e. The molecule has 0 radical (unpaired) electrons. The summed E-state index contributed by atoms with van der Waals surface area (Å²) >= 11 is 0. The van der Waals surface area contributed by atoms with Gasteiger partial charge in [-0.15, -0.1) is 0 Å². The van der Waals surface area contributed by atoms with Gasteiger partial charge in [0.05, 0.1) is 34.9 Å². The number of aromatic nitrogens is 2. The summed E-state index contributed by atoms with van der Waals surface area (Å²) in [4.78, 5) is 23.1. The minimum atomic E-state index is -0.815. The van der Waals surface area contributed by atoms with Gasteiger partial charge in [0.1, 0.15) is 17.3 Å². The number of aryl methyl sites for hydroxylation is 1. The Hall–Kier alpha value is -3.86. The van der Waals surface area contributed by atoms with Crippen LogP contribution in [0.3, 0.4) is 0 Å². The van der Waals surface area contributed by atoms with Crippen LogP contribution in [0.5, 0.6) is 0 Å². The highest BCUT2D eigenvalue weighted by Crippen LogP contribution is 2.32. The van der Waals surface area contributed by atoms with Crippen LogP contribution in [0.1, 0.15) is 41.0 Å². The third kappa shape index (κ3) is 6.81. The Bertz CT molecular complexity index is 1130. The lowest BCUT2D eigenvalue weighted by molar-refractivity contribution is 0.102. The molecule has 0 saturated carbocycles. The zero-order valence-corrected chi connectivity index (χ0v) is 18.4. The molecule has 33 heavy (non-hydrogen) atoms. The number of halogens is 2. The van der Waals surface area contributed by atoms with E-state index < -0.39 is 17.6 Å². The molecule has 3 rings (SSSR count). The molecule has 170 valence electrons. The zero-order valence-electron chi connectivity index (χ0n) is 18.4. The minimum Gasteiger partial charge on any atom is -0.370 e. The molecule has 1 aromatic heterocycles. The lowest BCUT2D eigenvalue weighted by atomic mass is 9.93. The second-order valence-corrected chi connectivity index (χ2v) is 7.89. The third-order valence-electron chi connectivity index (χ3n) is 5.36. The Morgan fingerprint density at radius 2 is 2.09 bits per heavy atom. The van der Waals surface area contributed by atoms with Crippen LogP contribution in [0.15, 0.2) is 67.1 Å². The molecule has 6 nitrogen and oxygen atoms in total. The molecular formula is C25H25F2N5O. The number of amides is 1. The summed E-state index contributed by atoms with van der Waals surface area (Å²) in [6.45, 7) is 6.27. The molecule has 0 atom stereocenters. The van der Waals surface area contributed by atoms with E-state index in [0.29, 0.717) is 29.3 Å². The Kier molecular flexibility index (Phi) is 8.03. The van der Waals surface area contributed by atoms with E-state index >= 15 is 0 Å². The van der Waals surface area contributed by atoms with Crippen LogP contribution in [0, 0.1) is 24.2 Å². The third-order valence-corrected chi connectivity index (χ3v) is 5.36. The Labute approximate surface area is 192 Å². The van der Waals surface area contributed by atoms with Crippen molar-refractivity contribution in [1.29, 1.82) is 5.26 Å². The van der Waals surface area contributed by atoms with Crippen molar-refractivity contribution < 1.29 is 13.6 Å². The maximum Gasteiger partial charge on any atom is 0.275 e. The van der Waals surface area contributed by atoms with E-state index in [9.17, 15) is 18.8 Å². The van der Waals surface area contributed by atoms with E-state index in [0.717, 1.165) is 37.7 Å². The van der Waals surface area contributed by atoms with Gasteiger partial charge in [-0.1, -0.05) is 12.7 Å². The average molecular weight is 450 g/mol. The molecular weight excluding hydrogens is 424 g/mol. The van der Waals surface area contributed by atoms with Crippen molar-refractivity contribution in [2.75, 3.05) is 23.3 Å². The normalized spacial score (nSPS) is 14.8. The summed E-state index contributed by atoms with van der Waals surface area (Å²) in [6, 6.07) is 7.31. The first-order chi connectivity index (χ1) is 15.9. The molecule has 1 amide bonds. The van der Waals surface area contributed by atoms with Gasteiger partial charge in [0.15, 0.2) is 0 Å². The average Bonchev–Trinajstić information content (AvgIpc) is 2.79. The molecule has 2 heterocycles. The summed E-state index contributed by atoms with van der Waals surface area (Å²) < 4.78 is 26.1. The topological polar surface area (TPSA) is 81.9 Å². The molecule has 2 aromatic rings. The molecule has 0 spiro atoms. The first kappa shape index (κ1) is 23.8. The van der Waals surface area contributed by atoms with Crippen LogP contribution in [0.2, 0.25) is 0 Å². The van der Waals surface area contributed by atoms with Gasteiger partial charge in [-0.25, -0.2) is 13.8 Å². The second kappa shape index (κ2) is 11.1.